The molecule has 1 amide bonds. The smallest absolute Gasteiger partial charge is 0.286 e. The molecule has 0 saturated heterocycles. The summed E-state index contributed by atoms with van der Waals surface area (Å²) in [6.07, 6.45) is 8.02. The molecule has 1 aliphatic carbocycles. The zero-order valence-corrected chi connectivity index (χ0v) is 17.1. The van der Waals surface area contributed by atoms with Crippen molar-refractivity contribution in [2.24, 2.45) is 0 Å². The van der Waals surface area contributed by atoms with E-state index in [-0.39, 0.29) is 24.5 Å². The van der Waals surface area contributed by atoms with E-state index >= 15 is 0 Å². The lowest BCUT2D eigenvalue weighted by Gasteiger charge is -2.30. The topological polar surface area (TPSA) is 67.8 Å². The van der Waals surface area contributed by atoms with Gasteiger partial charge in [-0.1, -0.05) is 40.9 Å². The van der Waals surface area contributed by atoms with Crippen molar-refractivity contribution in [1.82, 2.24) is 5.32 Å². The first kappa shape index (κ1) is 20.4. The monoisotopic (exact) mass is 437 g/mol. The SMILES string of the molecule is O=C(NC1CCCC1)C1=C[C@@H](c2ccc(Br)cc2)C[C@@H](OCCCCO)O1. The first-order valence-electron chi connectivity index (χ1n) is 9.83. The normalized spacial score (nSPS) is 23.0. The zero-order valence-electron chi connectivity index (χ0n) is 15.5. The van der Waals surface area contributed by atoms with Crippen molar-refractivity contribution < 1.29 is 19.4 Å². The van der Waals surface area contributed by atoms with E-state index < -0.39 is 6.29 Å². The molecule has 0 unspecified atom stereocenters. The molecule has 1 aliphatic heterocycles. The summed E-state index contributed by atoms with van der Waals surface area (Å²) in [5, 5.41) is 12.0. The number of allylic oxidation sites excluding steroid dienone is 1. The van der Waals surface area contributed by atoms with Crippen LogP contribution in [0.2, 0.25) is 0 Å². The predicted octanol–water partition coefficient (Wildman–Crippen LogP) is 4.01. The van der Waals surface area contributed by atoms with Crippen molar-refractivity contribution in [2.75, 3.05) is 13.2 Å². The zero-order chi connectivity index (χ0) is 19.1. The standard InChI is InChI=1S/C21H28BrNO4/c22-17-9-7-15(8-10-17)16-13-19(21(25)23-18-5-1-2-6-18)27-20(14-16)26-12-4-3-11-24/h7-10,13,16,18,20,24H,1-6,11-12,14H2,(H,23,25)/t16-,20+/m1/s1. The lowest BCUT2D eigenvalue weighted by atomic mass is 9.93. The molecule has 1 aromatic rings. The molecule has 148 valence electrons. The molecule has 3 rings (SSSR count). The number of nitrogens with one attached hydrogen (secondary N) is 1. The lowest BCUT2D eigenvalue weighted by molar-refractivity contribution is -0.146. The number of carbonyl (C=O) groups excluding carboxylic acids is 1. The third-order valence-corrected chi connectivity index (χ3v) is 5.65. The van der Waals surface area contributed by atoms with Gasteiger partial charge in [0, 0.05) is 29.5 Å². The van der Waals surface area contributed by atoms with Gasteiger partial charge in [-0.05, 0) is 49.5 Å². The molecule has 0 radical (unpaired) electrons. The van der Waals surface area contributed by atoms with Crippen molar-refractivity contribution in [2.45, 2.75) is 63.2 Å². The largest absolute Gasteiger partial charge is 0.459 e. The molecule has 2 N–H and O–H groups in total. The van der Waals surface area contributed by atoms with Crippen LogP contribution in [0.3, 0.4) is 0 Å². The van der Waals surface area contributed by atoms with Gasteiger partial charge in [-0.2, -0.15) is 0 Å². The Balaban J connectivity index is 1.69. The van der Waals surface area contributed by atoms with Gasteiger partial charge in [-0.25, -0.2) is 0 Å². The number of hydrogen-bond donors (Lipinski definition) is 2. The second kappa shape index (κ2) is 10.2. The highest BCUT2D eigenvalue weighted by molar-refractivity contribution is 9.10. The van der Waals surface area contributed by atoms with E-state index in [0.717, 1.165) is 29.3 Å². The van der Waals surface area contributed by atoms with E-state index in [4.69, 9.17) is 14.6 Å². The number of amides is 1. The predicted molar refractivity (Wildman–Crippen MR) is 107 cm³/mol. The molecule has 1 aromatic carbocycles. The Morgan fingerprint density at radius 1 is 1.22 bits per heavy atom. The fourth-order valence-corrected chi connectivity index (χ4v) is 3.88. The molecule has 2 atom stereocenters. The Morgan fingerprint density at radius 2 is 1.96 bits per heavy atom. The van der Waals surface area contributed by atoms with Crippen molar-refractivity contribution in [1.29, 1.82) is 0 Å². The summed E-state index contributed by atoms with van der Waals surface area (Å²) >= 11 is 3.46. The number of unbranched alkanes of at least 4 members (excludes halogenated alkanes) is 1. The molecule has 0 bridgehead atoms. The van der Waals surface area contributed by atoms with Gasteiger partial charge in [-0.15, -0.1) is 0 Å². The minimum atomic E-state index is -0.452. The number of benzene rings is 1. The van der Waals surface area contributed by atoms with Crippen LogP contribution in [0.1, 0.15) is 56.4 Å². The van der Waals surface area contributed by atoms with Crippen LogP contribution in [0.5, 0.6) is 0 Å². The maximum Gasteiger partial charge on any atom is 0.286 e. The van der Waals surface area contributed by atoms with Crippen LogP contribution >= 0.6 is 15.9 Å². The summed E-state index contributed by atoms with van der Waals surface area (Å²) in [7, 11) is 0. The average molecular weight is 438 g/mol. The minimum absolute atomic E-state index is 0.0685. The van der Waals surface area contributed by atoms with Gasteiger partial charge < -0.3 is 19.9 Å². The van der Waals surface area contributed by atoms with Gasteiger partial charge in [-0.3, -0.25) is 4.79 Å². The second-order valence-electron chi connectivity index (χ2n) is 7.23. The number of carbonyl (C=O) groups is 1. The Bertz CT molecular complexity index is 640. The molecule has 1 fully saturated rings. The van der Waals surface area contributed by atoms with Crippen LogP contribution in [0.15, 0.2) is 40.6 Å². The van der Waals surface area contributed by atoms with Gasteiger partial charge in [0.2, 0.25) is 6.29 Å². The summed E-state index contributed by atoms with van der Waals surface area (Å²) in [5.41, 5.74) is 1.14. The summed E-state index contributed by atoms with van der Waals surface area (Å²) in [4.78, 5) is 12.7. The first-order valence-corrected chi connectivity index (χ1v) is 10.6. The van der Waals surface area contributed by atoms with Crippen LogP contribution in [-0.2, 0) is 14.3 Å². The second-order valence-corrected chi connectivity index (χ2v) is 8.14. The molecule has 1 heterocycles. The van der Waals surface area contributed by atoms with E-state index in [0.29, 0.717) is 25.2 Å². The highest BCUT2D eigenvalue weighted by atomic mass is 79.9. The maximum absolute atomic E-state index is 12.7. The molecular formula is C21H28BrNO4. The molecule has 1 saturated carbocycles. The Morgan fingerprint density at radius 3 is 2.67 bits per heavy atom. The molecular weight excluding hydrogens is 410 g/mol. The van der Waals surface area contributed by atoms with Gasteiger partial charge in [0.25, 0.3) is 5.91 Å². The molecule has 2 aliphatic rings. The van der Waals surface area contributed by atoms with Crippen LogP contribution in [0, 0.1) is 0 Å². The fourth-order valence-electron chi connectivity index (χ4n) is 3.62. The van der Waals surface area contributed by atoms with Crippen molar-refractivity contribution >= 4 is 21.8 Å². The average Bonchev–Trinajstić information content (AvgIpc) is 3.18. The minimum Gasteiger partial charge on any atom is -0.459 e. The quantitative estimate of drug-likeness (QED) is 0.602. The third kappa shape index (κ3) is 6.06. The maximum atomic E-state index is 12.7. The van der Waals surface area contributed by atoms with Gasteiger partial charge >= 0.3 is 0 Å². The van der Waals surface area contributed by atoms with Crippen LogP contribution in [0.25, 0.3) is 0 Å². The van der Waals surface area contributed by atoms with Crippen LogP contribution in [-0.4, -0.2) is 36.6 Å². The molecule has 27 heavy (non-hydrogen) atoms. The van der Waals surface area contributed by atoms with Gasteiger partial charge in [0.1, 0.15) is 0 Å². The van der Waals surface area contributed by atoms with Crippen LogP contribution < -0.4 is 5.32 Å². The van der Waals surface area contributed by atoms with Crippen molar-refractivity contribution in [3.63, 3.8) is 0 Å². The summed E-state index contributed by atoms with van der Waals surface area (Å²) in [6.45, 7) is 0.668. The number of aliphatic hydroxyl groups excluding tert-OH is 1. The third-order valence-electron chi connectivity index (χ3n) is 5.13. The number of ether oxygens (including phenoxy) is 2. The van der Waals surface area contributed by atoms with E-state index in [1.54, 1.807) is 0 Å². The highest BCUT2D eigenvalue weighted by Gasteiger charge is 2.30. The summed E-state index contributed by atoms with van der Waals surface area (Å²) < 4.78 is 12.7. The fraction of sp³-hybridized carbons (Fsp3) is 0.571. The number of halogens is 1. The molecule has 6 heteroatoms. The van der Waals surface area contributed by atoms with Crippen molar-refractivity contribution in [3.05, 3.63) is 46.1 Å². The Kier molecular flexibility index (Phi) is 7.73. The molecule has 0 spiro atoms. The summed E-state index contributed by atoms with van der Waals surface area (Å²) in [5.74, 6) is 0.278. The van der Waals surface area contributed by atoms with Gasteiger partial charge in [0.15, 0.2) is 5.76 Å². The number of hydrogen-bond acceptors (Lipinski definition) is 4. The van der Waals surface area contributed by atoms with Crippen molar-refractivity contribution in [3.8, 4) is 0 Å². The van der Waals surface area contributed by atoms with Crippen LogP contribution in [0.4, 0.5) is 0 Å². The Labute approximate surface area is 169 Å². The van der Waals surface area contributed by atoms with E-state index in [1.807, 2.05) is 18.2 Å². The Hall–Kier alpha value is -1.37. The van der Waals surface area contributed by atoms with Gasteiger partial charge in [0.05, 0.1) is 6.61 Å². The molecule has 0 aromatic heterocycles. The lowest BCUT2D eigenvalue weighted by Crippen LogP contribution is -2.37. The van der Waals surface area contributed by atoms with E-state index in [2.05, 4.69) is 33.4 Å². The van der Waals surface area contributed by atoms with E-state index in [9.17, 15) is 4.79 Å². The highest BCUT2D eigenvalue weighted by Crippen LogP contribution is 2.32. The molecule has 5 nitrogen and oxygen atoms in total. The first-order chi connectivity index (χ1) is 13.2. The number of aliphatic hydroxyl groups is 1. The van der Waals surface area contributed by atoms with E-state index in [1.165, 1.54) is 12.8 Å². The number of rotatable bonds is 8. The summed E-state index contributed by atoms with van der Waals surface area (Å²) in [6, 6.07) is 8.39.